The van der Waals surface area contributed by atoms with Crippen molar-refractivity contribution in [1.82, 2.24) is 15.6 Å². The molecule has 0 radical (unpaired) electrons. The van der Waals surface area contributed by atoms with Crippen LogP contribution in [0.5, 0.6) is 0 Å². The van der Waals surface area contributed by atoms with E-state index in [1.165, 1.54) is 0 Å². The summed E-state index contributed by atoms with van der Waals surface area (Å²) in [5.41, 5.74) is 6.63. The molecule has 1 atom stereocenters. The smallest absolute Gasteiger partial charge is 0.237 e. The van der Waals surface area contributed by atoms with Gasteiger partial charge < -0.3 is 16.4 Å². The molecule has 0 saturated heterocycles. The number of aromatic nitrogens is 1. The van der Waals surface area contributed by atoms with Gasteiger partial charge in [-0.1, -0.05) is 19.9 Å². The second-order valence-electron chi connectivity index (χ2n) is 4.95. The number of nitrogens with two attached hydrogens (primary N) is 1. The Morgan fingerprint density at radius 1 is 1.35 bits per heavy atom. The number of hydrogen-bond acceptors (Lipinski definition) is 4. The van der Waals surface area contributed by atoms with Crippen LogP contribution < -0.4 is 16.4 Å². The van der Waals surface area contributed by atoms with E-state index in [4.69, 9.17) is 5.73 Å². The van der Waals surface area contributed by atoms with Crippen molar-refractivity contribution in [2.45, 2.75) is 32.9 Å². The van der Waals surface area contributed by atoms with Crippen LogP contribution in [-0.4, -0.2) is 29.4 Å². The van der Waals surface area contributed by atoms with Crippen molar-refractivity contribution >= 4 is 11.8 Å². The van der Waals surface area contributed by atoms with E-state index in [9.17, 15) is 9.59 Å². The Kier molecular flexibility index (Phi) is 6.66. The second-order valence-corrected chi connectivity index (χ2v) is 4.95. The Morgan fingerprint density at radius 3 is 2.70 bits per heavy atom. The van der Waals surface area contributed by atoms with E-state index in [0.717, 1.165) is 5.56 Å². The fourth-order valence-corrected chi connectivity index (χ4v) is 1.51. The summed E-state index contributed by atoms with van der Waals surface area (Å²) < 4.78 is 0. The highest BCUT2D eigenvalue weighted by molar-refractivity contribution is 5.82. The molecule has 6 nitrogen and oxygen atoms in total. The van der Waals surface area contributed by atoms with Crippen molar-refractivity contribution < 1.29 is 9.59 Å². The predicted molar refractivity (Wildman–Crippen MR) is 76.5 cm³/mol. The van der Waals surface area contributed by atoms with Gasteiger partial charge in [-0.3, -0.25) is 14.6 Å². The molecule has 6 heteroatoms. The van der Waals surface area contributed by atoms with Crippen molar-refractivity contribution in [3.05, 3.63) is 30.1 Å². The summed E-state index contributed by atoms with van der Waals surface area (Å²) in [6, 6.07) is 3.17. The lowest BCUT2D eigenvalue weighted by Crippen LogP contribution is -2.44. The molecule has 1 aromatic heterocycles. The van der Waals surface area contributed by atoms with Gasteiger partial charge in [-0.15, -0.1) is 0 Å². The van der Waals surface area contributed by atoms with E-state index in [1.807, 2.05) is 26.0 Å². The highest BCUT2D eigenvalue weighted by Gasteiger charge is 2.16. The van der Waals surface area contributed by atoms with E-state index in [-0.39, 0.29) is 30.7 Å². The average Bonchev–Trinajstić information content (AvgIpc) is 2.45. The van der Waals surface area contributed by atoms with Crippen LogP contribution in [0.4, 0.5) is 0 Å². The summed E-state index contributed by atoms with van der Waals surface area (Å²) in [6.07, 6.45) is 3.61. The highest BCUT2D eigenvalue weighted by atomic mass is 16.2. The molecule has 0 aliphatic heterocycles. The van der Waals surface area contributed by atoms with Crippen molar-refractivity contribution in [1.29, 1.82) is 0 Å². The Balaban J connectivity index is 2.19. The van der Waals surface area contributed by atoms with Gasteiger partial charge in [0.2, 0.25) is 11.8 Å². The Morgan fingerprint density at radius 2 is 2.10 bits per heavy atom. The first-order chi connectivity index (χ1) is 9.50. The molecule has 20 heavy (non-hydrogen) atoms. The van der Waals surface area contributed by atoms with Crippen molar-refractivity contribution in [3.63, 3.8) is 0 Å². The minimum atomic E-state index is -0.534. The standard InChI is InChI=1S/C14H22N4O2/c1-10(2)13(15)14(20)17-7-5-12(19)18-9-11-4-3-6-16-8-11/h3-4,6,8,10,13H,5,7,9,15H2,1-2H3,(H,17,20)(H,18,19)/t13-/m0/s1. The monoisotopic (exact) mass is 278 g/mol. The number of hydrogen-bond donors (Lipinski definition) is 3. The molecule has 1 aromatic rings. The highest BCUT2D eigenvalue weighted by Crippen LogP contribution is 1.98. The first kappa shape index (κ1) is 16.1. The summed E-state index contributed by atoms with van der Waals surface area (Å²) in [6.45, 7) is 4.49. The van der Waals surface area contributed by atoms with Crippen LogP contribution >= 0.6 is 0 Å². The fraction of sp³-hybridized carbons (Fsp3) is 0.500. The van der Waals surface area contributed by atoms with E-state index < -0.39 is 6.04 Å². The molecule has 110 valence electrons. The van der Waals surface area contributed by atoms with Crippen molar-refractivity contribution in [2.24, 2.45) is 11.7 Å². The number of carbonyl (C=O) groups excluding carboxylic acids is 2. The topological polar surface area (TPSA) is 97.1 Å². The minimum absolute atomic E-state index is 0.0782. The van der Waals surface area contributed by atoms with Gasteiger partial charge >= 0.3 is 0 Å². The number of nitrogens with one attached hydrogen (secondary N) is 2. The molecule has 0 bridgehead atoms. The molecule has 1 rings (SSSR count). The van der Waals surface area contributed by atoms with Crippen molar-refractivity contribution in [2.75, 3.05) is 6.54 Å². The summed E-state index contributed by atoms with van der Waals surface area (Å²) in [7, 11) is 0. The zero-order valence-electron chi connectivity index (χ0n) is 11.9. The average molecular weight is 278 g/mol. The molecule has 0 aliphatic rings. The third kappa shape index (κ3) is 5.79. The largest absolute Gasteiger partial charge is 0.354 e. The van der Waals surface area contributed by atoms with Gasteiger partial charge in [-0.2, -0.15) is 0 Å². The molecule has 0 aliphatic carbocycles. The number of rotatable bonds is 7. The molecule has 0 fully saturated rings. The molecular weight excluding hydrogens is 256 g/mol. The molecule has 4 N–H and O–H groups in total. The third-order valence-electron chi connectivity index (χ3n) is 2.88. The van der Waals surface area contributed by atoms with Gasteiger partial charge in [0, 0.05) is 31.9 Å². The first-order valence-corrected chi connectivity index (χ1v) is 6.69. The summed E-state index contributed by atoms with van der Waals surface area (Å²) in [4.78, 5) is 27.1. The molecule has 2 amide bonds. The summed E-state index contributed by atoms with van der Waals surface area (Å²) in [5.74, 6) is -0.262. The van der Waals surface area contributed by atoms with Crippen LogP contribution in [0, 0.1) is 5.92 Å². The quantitative estimate of drug-likeness (QED) is 0.663. The maximum absolute atomic E-state index is 11.6. The Labute approximate surface area is 119 Å². The van der Waals surface area contributed by atoms with Gasteiger partial charge in [0.1, 0.15) is 0 Å². The zero-order chi connectivity index (χ0) is 15.0. The fourth-order valence-electron chi connectivity index (χ4n) is 1.51. The first-order valence-electron chi connectivity index (χ1n) is 6.69. The molecular formula is C14H22N4O2. The van der Waals surface area contributed by atoms with E-state index in [1.54, 1.807) is 12.4 Å². The lowest BCUT2D eigenvalue weighted by molar-refractivity contribution is -0.123. The van der Waals surface area contributed by atoms with Gasteiger partial charge in [0.05, 0.1) is 6.04 Å². The molecule has 0 saturated carbocycles. The Bertz CT molecular complexity index is 434. The number of nitrogens with zero attached hydrogens (tertiary/aromatic N) is 1. The molecule has 0 spiro atoms. The second kappa shape index (κ2) is 8.27. The van der Waals surface area contributed by atoms with Crippen LogP contribution in [0.25, 0.3) is 0 Å². The van der Waals surface area contributed by atoms with E-state index >= 15 is 0 Å². The SMILES string of the molecule is CC(C)[C@H](N)C(=O)NCCC(=O)NCc1cccnc1. The minimum Gasteiger partial charge on any atom is -0.354 e. The van der Waals surface area contributed by atoms with Crippen molar-refractivity contribution in [3.8, 4) is 0 Å². The summed E-state index contributed by atoms with van der Waals surface area (Å²) >= 11 is 0. The van der Waals surface area contributed by atoms with Gasteiger partial charge in [0.15, 0.2) is 0 Å². The van der Waals surface area contributed by atoms with Gasteiger partial charge in [-0.25, -0.2) is 0 Å². The van der Waals surface area contributed by atoms with Crippen LogP contribution in [0.2, 0.25) is 0 Å². The molecule has 0 unspecified atom stereocenters. The normalized spacial score (nSPS) is 12.0. The van der Waals surface area contributed by atoms with Gasteiger partial charge in [-0.05, 0) is 17.5 Å². The lowest BCUT2D eigenvalue weighted by atomic mass is 10.1. The Hall–Kier alpha value is -1.95. The van der Waals surface area contributed by atoms with E-state index in [0.29, 0.717) is 6.54 Å². The third-order valence-corrected chi connectivity index (χ3v) is 2.88. The number of amides is 2. The number of pyridine rings is 1. The van der Waals surface area contributed by atoms with E-state index in [2.05, 4.69) is 15.6 Å². The van der Waals surface area contributed by atoms with Crippen LogP contribution in [-0.2, 0) is 16.1 Å². The van der Waals surface area contributed by atoms with Crippen LogP contribution in [0.15, 0.2) is 24.5 Å². The maximum Gasteiger partial charge on any atom is 0.237 e. The van der Waals surface area contributed by atoms with Crippen LogP contribution in [0.3, 0.4) is 0 Å². The zero-order valence-corrected chi connectivity index (χ0v) is 11.9. The number of carbonyl (C=O) groups is 2. The molecule has 1 heterocycles. The molecule has 0 aromatic carbocycles. The predicted octanol–water partition coefficient (Wildman–Crippen LogP) is 0.187. The van der Waals surface area contributed by atoms with Crippen LogP contribution in [0.1, 0.15) is 25.8 Å². The summed E-state index contributed by atoms with van der Waals surface area (Å²) in [5, 5.41) is 5.42. The maximum atomic E-state index is 11.6. The van der Waals surface area contributed by atoms with Gasteiger partial charge in [0.25, 0.3) is 0 Å². The lowest BCUT2D eigenvalue weighted by Gasteiger charge is -2.15.